The van der Waals surface area contributed by atoms with Gasteiger partial charge >= 0.3 is 0 Å². The van der Waals surface area contributed by atoms with Crippen molar-refractivity contribution in [3.63, 3.8) is 0 Å². The van der Waals surface area contributed by atoms with E-state index in [0.29, 0.717) is 18.5 Å². The third-order valence-electron chi connectivity index (χ3n) is 4.08. The normalized spacial score (nSPS) is 17.6. The molecule has 1 atom stereocenters. The molecule has 0 radical (unpaired) electrons. The van der Waals surface area contributed by atoms with Crippen molar-refractivity contribution < 1.29 is 18.8 Å². The molecule has 1 N–H and O–H groups in total. The Kier molecular flexibility index (Phi) is 4.86. The van der Waals surface area contributed by atoms with Crippen LogP contribution in [0.3, 0.4) is 0 Å². The van der Waals surface area contributed by atoms with Crippen LogP contribution in [0.2, 0.25) is 0 Å². The van der Waals surface area contributed by atoms with E-state index in [0.717, 1.165) is 6.42 Å². The van der Waals surface area contributed by atoms with E-state index in [2.05, 4.69) is 5.32 Å². The van der Waals surface area contributed by atoms with E-state index < -0.39 is 11.9 Å². The number of hydrogen-bond donors (Lipinski definition) is 1. The molecule has 1 fully saturated rings. The Morgan fingerprint density at radius 3 is 2.62 bits per heavy atom. The highest BCUT2D eigenvalue weighted by Crippen LogP contribution is 2.18. The maximum absolute atomic E-state index is 12.4. The molecule has 3 rings (SSSR count). The van der Waals surface area contributed by atoms with E-state index in [9.17, 15) is 14.4 Å². The quantitative estimate of drug-likeness (QED) is 0.670. The zero-order chi connectivity index (χ0) is 16.9. The third kappa shape index (κ3) is 3.60. The number of ketones is 1. The second-order valence-electron chi connectivity index (χ2n) is 5.71. The minimum absolute atomic E-state index is 0.102. The Bertz CT molecular complexity index is 725. The first-order chi connectivity index (χ1) is 11.6. The monoisotopic (exact) mass is 326 g/mol. The van der Waals surface area contributed by atoms with Crippen LogP contribution in [0, 0.1) is 0 Å². The van der Waals surface area contributed by atoms with Crippen LogP contribution in [0.15, 0.2) is 53.1 Å². The van der Waals surface area contributed by atoms with E-state index in [1.165, 1.54) is 6.26 Å². The number of carbonyl (C=O) groups is 3. The van der Waals surface area contributed by atoms with E-state index in [4.69, 9.17) is 4.42 Å². The molecule has 1 aliphatic heterocycles. The summed E-state index contributed by atoms with van der Waals surface area (Å²) in [6, 6.07) is 11.4. The molecule has 0 spiro atoms. The molecular weight excluding hydrogens is 308 g/mol. The van der Waals surface area contributed by atoms with Gasteiger partial charge in [0, 0.05) is 5.56 Å². The number of furan rings is 1. The molecule has 24 heavy (non-hydrogen) atoms. The maximum Gasteiger partial charge on any atom is 0.257 e. The smallest absolute Gasteiger partial charge is 0.257 e. The van der Waals surface area contributed by atoms with Gasteiger partial charge in [0.25, 0.3) is 5.91 Å². The second-order valence-corrected chi connectivity index (χ2v) is 5.71. The second kappa shape index (κ2) is 7.23. The fraction of sp³-hybridized carbons (Fsp3) is 0.278. The summed E-state index contributed by atoms with van der Waals surface area (Å²) in [6.45, 7) is 0.745. The number of amides is 2. The maximum atomic E-state index is 12.4. The molecular formula is C18H18N2O4. The zero-order valence-corrected chi connectivity index (χ0v) is 13.1. The van der Waals surface area contributed by atoms with Crippen molar-refractivity contribution in [1.82, 2.24) is 10.2 Å². The van der Waals surface area contributed by atoms with Gasteiger partial charge in [0.1, 0.15) is 0 Å². The van der Waals surface area contributed by atoms with Gasteiger partial charge < -0.3 is 4.42 Å². The lowest BCUT2D eigenvalue weighted by Gasteiger charge is -2.22. The van der Waals surface area contributed by atoms with Crippen LogP contribution in [-0.4, -0.2) is 41.6 Å². The van der Waals surface area contributed by atoms with Crippen molar-refractivity contribution in [3.8, 4) is 0 Å². The highest BCUT2D eigenvalue weighted by Gasteiger charge is 2.33. The molecule has 6 nitrogen and oxygen atoms in total. The Morgan fingerprint density at radius 2 is 1.92 bits per heavy atom. The fourth-order valence-corrected chi connectivity index (χ4v) is 2.87. The highest BCUT2D eigenvalue weighted by molar-refractivity contribution is 6.06. The van der Waals surface area contributed by atoms with Gasteiger partial charge in [-0.05, 0) is 43.7 Å². The van der Waals surface area contributed by atoms with Crippen LogP contribution in [0.25, 0.3) is 0 Å². The molecule has 1 aromatic heterocycles. The Balaban J connectivity index is 1.61. The van der Waals surface area contributed by atoms with Gasteiger partial charge in [-0.3, -0.25) is 24.6 Å². The molecule has 1 aliphatic rings. The van der Waals surface area contributed by atoms with Crippen LogP contribution in [0.5, 0.6) is 0 Å². The molecule has 6 heteroatoms. The summed E-state index contributed by atoms with van der Waals surface area (Å²) in [7, 11) is 0. The molecule has 1 aromatic carbocycles. The zero-order valence-electron chi connectivity index (χ0n) is 13.1. The van der Waals surface area contributed by atoms with E-state index in [1.807, 2.05) is 0 Å². The van der Waals surface area contributed by atoms with Crippen molar-refractivity contribution in [2.75, 3.05) is 13.1 Å². The molecule has 0 aliphatic carbocycles. The molecule has 2 aromatic rings. The number of likely N-dealkylation sites (tertiary alicyclic amines) is 1. The number of benzene rings is 1. The highest BCUT2D eigenvalue weighted by atomic mass is 16.3. The molecule has 0 unspecified atom stereocenters. The predicted octanol–water partition coefficient (Wildman–Crippen LogP) is 1.88. The number of Topliss-reactive ketones (excluding diaryl/α,β-unsaturated/α-hetero) is 1. The first-order valence-electron chi connectivity index (χ1n) is 7.86. The summed E-state index contributed by atoms with van der Waals surface area (Å²) in [6.07, 6.45) is 2.88. The number of rotatable bonds is 5. The summed E-state index contributed by atoms with van der Waals surface area (Å²) in [5.41, 5.74) is 0.432. The summed E-state index contributed by atoms with van der Waals surface area (Å²) >= 11 is 0. The minimum atomic E-state index is -0.475. The fourth-order valence-electron chi connectivity index (χ4n) is 2.87. The number of nitrogens with one attached hydrogen (secondary N) is 1. The van der Waals surface area contributed by atoms with Crippen molar-refractivity contribution in [2.45, 2.75) is 18.9 Å². The van der Waals surface area contributed by atoms with Gasteiger partial charge in [-0.25, -0.2) is 0 Å². The van der Waals surface area contributed by atoms with Crippen molar-refractivity contribution >= 4 is 17.6 Å². The summed E-state index contributed by atoms with van der Waals surface area (Å²) < 4.78 is 5.09. The molecule has 124 valence electrons. The standard InChI is InChI=1S/C18H18N2O4/c21-15(16-9-5-11-24-16)12-20-10-4-8-14(20)18(23)19-17(22)13-6-2-1-3-7-13/h1-3,5-7,9,11,14H,4,8,10,12H2,(H,19,22,23)/t14-/m1/s1. The first-order valence-corrected chi connectivity index (χ1v) is 7.86. The van der Waals surface area contributed by atoms with Crippen LogP contribution in [0.4, 0.5) is 0 Å². The van der Waals surface area contributed by atoms with Crippen molar-refractivity contribution in [1.29, 1.82) is 0 Å². The van der Waals surface area contributed by atoms with E-state index in [1.54, 1.807) is 47.4 Å². The van der Waals surface area contributed by atoms with Gasteiger partial charge in [-0.15, -0.1) is 0 Å². The lowest BCUT2D eigenvalue weighted by atomic mass is 10.1. The van der Waals surface area contributed by atoms with Crippen molar-refractivity contribution in [2.24, 2.45) is 0 Å². The van der Waals surface area contributed by atoms with Crippen molar-refractivity contribution in [3.05, 3.63) is 60.1 Å². The van der Waals surface area contributed by atoms with Crippen LogP contribution in [0.1, 0.15) is 33.8 Å². The summed E-state index contributed by atoms with van der Waals surface area (Å²) in [5.74, 6) is -0.686. The minimum Gasteiger partial charge on any atom is -0.461 e. The summed E-state index contributed by atoms with van der Waals surface area (Å²) in [5, 5.41) is 2.42. The predicted molar refractivity (Wildman–Crippen MR) is 86.5 cm³/mol. The van der Waals surface area contributed by atoms with Gasteiger partial charge in [0.05, 0.1) is 18.8 Å². The average Bonchev–Trinajstić information content (AvgIpc) is 3.27. The largest absolute Gasteiger partial charge is 0.461 e. The van der Waals surface area contributed by atoms with E-state index >= 15 is 0 Å². The Hall–Kier alpha value is -2.73. The third-order valence-corrected chi connectivity index (χ3v) is 4.08. The number of imide groups is 1. The number of hydrogen-bond acceptors (Lipinski definition) is 5. The van der Waals surface area contributed by atoms with Crippen LogP contribution >= 0.6 is 0 Å². The van der Waals surface area contributed by atoms with Gasteiger partial charge in [-0.1, -0.05) is 18.2 Å². The molecule has 0 saturated carbocycles. The molecule has 0 bridgehead atoms. The first kappa shape index (κ1) is 16.1. The van der Waals surface area contributed by atoms with Gasteiger partial charge in [-0.2, -0.15) is 0 Å². The molecule has 2 heterocycles. The van der Waals surface area contributed by atoms with Gasteiger partial charge in [0.15, 0.2) is 5.76 Å². The molecule has 1 saturated heterocycles. The topological polar surface area (TPSA) is 79.6 Å². The average molecular weight is 326 g/mol. The molecule has 2 amide bonds. The Labute approximate surface area is 139 Å². The Morgan fingerprint density at radius 1 is 1.12 bits per heavy atom. The SMILES string of the molecule is O=C(NC(=O)[C@H]1CCCN1CC(=O)c1ccco1)c1ccccc1. The van der Waals surface area contributed by atoms with Crippen LogP contribution in [-0.2, 0) is 4.79 Å². The van der Waals surface area contributed by atoms with Crippen LogP contribution < -0.4 is 5.32 Å². The number of nitrogens with zero attached hydrogens (tertiary/aromatic N) is 1. The lowest BCUT2D eigenvalue weighted by molar-refractivity contribution is -0.124. The van der Waals surface area contributed by atoms with Gasteiger partial charge in [0.2, 0.25) is 11.7 Å². The lowest BCUT2D eigenvalue weighted by Crippen LogP contribution is -2.46. The van der Waals surface area contributed by atoms with E-state index in [-0.39, 0.29) is 24.0 Å². The number of carbonyl (C=O) groups excluding carboxylic acids is 3. The summed E-state index contributed by atoms with van der Waals surface area (Å²) in [4.78, 5) is 38.4.